The predicted octanol–water partition coefficient (Wildman–Crippen LogP) is 3.97. The van der Waals surface area contributed by atoms with Crippen LogP contribution in [0.2, 0.25) is 0 Å². The van der Waals surface area contributed by atoms with Gasteiger partial charge in [0.1, 0.15) is 12.2 Å². The van der Waals surface area contributed by atoms with Crippen LogP contribution in [0.3, 0.4) is 0 Å². The van der Waals surface area contributed by atoms with Gasteiger partial charge in [-0.25, -0.2) is 9.59 Å². The first-order valence-electron chi connectivity index (χ1n) is 14.2. The second-order valence-corrected chi connectivity index (χ2v) is 11.2. The maximum absolute atomic E-state index is 12.6. The lowest BCUT2D eigenvalue weighted by Crippen LogP contribution is -2.54. The molecule has 3 rings (SSSR count). The van der Waals surface area contributed by atoms with E-state index >= 15 is 0 Å². The summed E-state index contributed by atoms with van der Waals surface area (Å²) in [6.07, 6.45) is -2.44. The van der Waals surface area contributed by atoms with Crippen LogP contribution in [0.1, 0.15) is 37.5 Å². The van der Waals surface area contributed by atoms with Gasteiger partial charge in [-0.2, -0.15) is 0 Å². The topological polar surface area (TPSA) is 129 Å². The fraction of sp³-hybridized carbons (Fsp3) is 0.394. The second-order valence-electron chi connectivity index (χ2n) is 11.2. The molecule has 0 aliphatic rings. The molecule has 0 saturated carbocycles. The van der Waals surface area contributed by atoms with Crippen LogP contribution < -0.4 is 16.0 Å². The Morgan fingerprint density at radius 3 is 1.69 bits per heavy atom. The number of carbonyl (C=O) groups excluding carboxylic acids is 2. The highest BCUT2D eigenvalue weighted by atomic mass is 16.6. The number of aliphatic hydroxyl groups excluding tert-OH is 2. The molecule has 0 saturated heterocycles. The van der Waals surface area contributed by atoms with Gasteiger partial charge in [0.05, 0.1) is 18.2 Å². The van der Waals surface area contributed by atoms with E-state index in [4.69, 9.17) is 9.47 Å². The molecule has 3 aromatic rings. The lowest BCUT2D eigenvalue weighted by molar-refractivity contribution is 0.0408. The SMILES string of the molecule is CC(C)(C)OC(=O)N[C@@H](Cc1ccccc1)[C@H](O)CN[C@H](Cc1ccccc1)[C@H](O)CNC(=O)OCc1ccccc1. The van der Waals surface area contributed by atoms with E-state index in [2.05, 4.69) is 16.0 Å². The van der Waals surface area contributed by atoms with Crippen molar-refractivity contribution in [1.82, 2.24) is 16.0 Å². The fourth-order valence-corrected chi connectivity index (χ4v) is 4.34. The highest BCUT2D eigenvalue weighted by molar-refractivity contribution is 5.68. The molecular weight excluding hydrogens is 534 g/mol. The molecule has 4 atom stereocenters. The Morgan fingerprint density at radius 1 is 0.690 bits per heavy atom. The van der Waals surface area contributed by atoms with Crippen molar-refractivity contribution >= 4 is 12.2 Å². The van der Waals surface area contributed by atoms with Crippen LogP contribution in [-0.2, 0) is 28.9 Å². The highest BCUT2D eigenvalue weighted by Crippen LogP contribution is 2.12. The van der Waals surface area contributed by atoms with Crippen molar-refractivity contribution in [3.63, 3.8) is 0 Å². The molecule has 42 heavy (non-hydrogen) atoms. The standard InChI is InChI=1S/C33H43N3O6/c1-33(2,3)42-32(40)36-28(20-25-15-9-5-10-16-25)30(38)21-34-27(19-24-13-7-4-8-14-24)29(37)22-35-31(39)41-23-26-17-11-6-12-18-26/h4-18,27-30,34,37-38H,19-23H2,1-3H3,(H,35,39)(H,36,40)/t27-,28+,29-,30-/m1/s1. The first-order chi connectivity index (χ1) is 20.1. The van der Waals surface area contributed by atoms with Crippen molar-refractivity contribution < 1.29 is 29.3 Å². The van der Waals surface area contributed by atoms with Crippen LogP contribution >= 0.6 is 0 Å². The number of benzene rings is 3. The molecule has 9 heteroatoms. The molecule has 3 aromatic carbocycles. The maximum atomic E-state index is 12.6. The molecule has 0 aliphatic heterocycles. The summed E-state index contributed by atoms with van der Waals surface area (Å²) in [5, 5.41) is 30.9. The number of rotatable bonds is 14. The number of alkyl carbamates (subject to hydrolysis) is 2. The van der Waals surface area contributed by atoms with Crippen LogP contribution in [-0.4, -0.2) is 65.4 Å². The zero-order chi connectivity index (χ0) is 30.4. The monoisotopic (exact) mass is 577 g/mol. The van der Waals surface area contributed by atoms with Crippen molar-refractivity contribution in [2.75, 3.05) is 13.1 Å². The molecule has 0 heterocycles. The number of hydrogen-bond donors (Lipinski definition) is 5. The quantitative estimate of drug-likeness (QED) is 0.196. The molecule has 0 bridgehead atoms. The van der Waals surface area contributed by atoms with Crippen LogP contribution in [0.25, 0.3) is 0 Å². The van der Waals surface area contributed by atoms with E-state index in [9.17, 15) is 19.8 Å². The molecule has 0 fully saturated rings. The summed E-state index contributed by atoms with van der Waals surface area (Å²) in [4.78, 5) is 24.9. The number of carbonyl (C=O) groups is 2. The molecular formula is C33H43N3O6. The highest BCUT2D eigenvalue weighted by Gasteiger charge is 2.27. The van der Waals surface area contributed by atoms with E-state index in [0.717, 1.165) is 16.7 Å². The van der Waals surface area contributed by atoms with E-state index in [1.807, 2.05) is 91.0 Å². The maximum Gasteiger partial charge on any atom is 0.407 e. The fourth-order valence-electron chi connectivity index (χ4n) is 4.34. The van der Waals surface area contributed by atoms with Gasteiger partial charge in [-0.05, 0) is 50.3 Å². The third kappa shape index (κ3) is 12.3. The lowest BCUT2D eigenvalue weighted by Gasteiger charge is -2.30. The number of nitrogens with one attached hydrogen (secondary N) is 3. The molecule has 0 aromatic heterocycles. The van der Waals surface area contributed by atoms with Gasteiger partial charge in [0.25, 0.3) is 0 Å². The van der Waals surface area contributed by atoms with E-state index in [1.165, 1.54) is 0 Å². The number of amides is 2. The minimum atomic E-state index is -1.01. The van der Waals surface area contributed by atoms with Crippen molar-refractivity contribution in [3.8, 4) is 0 Å². The predicted molar refractivity (Wildman–Crippen MR) is 162 cm³/mol. The lowest BCUT2D eigenvalue weighted by atomic mass is 9.98. The molecule has 0 unspecified atom stereocenters. The summed E-state index contributed by atoms with van der Waals surface area (Å²) in [5.74, 6) is 0. The summed E-state index contributed by atoms with van der Waals surface area (Å²) in [5.41, 5.74) is 2.08. The first kappa shape index (κ1) is 32.6. The van der Waals surface area contributed by atoms with Gasteiger partial charge >= 0.3 is 12.2 Å². The average molecular weight is 578 g/mol. The Morgan fingerprint density at radius 2 is 1.17 bits per heavy atom. The minimum absolute atomic E-state index is 0.0577. The zero-order valence-corrected chi connectivity index (χ0v) is 24.5. The largest absolute Gasteiger partial charge is 0.445 e. The number of aliphatic hydroxyl groups is 2. The van der Waals surface area contributed by atoms with Gasteiger partial charge in [-0.15, -0.1) is 0 Å². The van der Waals surface area contributed by atoms with Crippen LogP contribution in [0, 0.1) is 0 Å². The van der Waals surface area contributed by atoms with Gasteiger partial charge in [0.15, 0.2) is 0 Å². The number of hydrogen-bond acceptors (Lipinski definition) is 7. The first-order valence-corrected chi connectivity index (χ1v) is 14.2. The number of ether oxygens (including phenoxy) is 2. The average Bonchev–Trinajstić information content (AvgIpc) is 2.97. The van der Waals surface area contributed by atoms with E-state index in [1.54, 1.807) is 20.8 Å². The van der Waals surface area contributed by atoms with Crippen LogP contribution in [0.15, 0.2) is 91.0 Å². The summed E-state index contributed by atoms with van der Waals surface area (Å²) in [6, 6.07) is 27.3. The van der Waals surface area contributed by atoms with E-state index in [-0.39, 0.29) is 19.7 Å². The normalized spacial score (nSPS) is 14.2. The molecule has 9 nitrogen and oxygen atoms in total. The van der Waals surface area contributed by atoms with E-state index in [0.29, 0.717) is 12.8 Å². The summed E-state index contributed by atoms with van der Waals surface area (Å²) < 4.78 is 10.7. The van der Waals surface area contributed by atoms with Crippen LogP contribution in [0.5, 0.6) is 0 Å². The molecule has 5 N–H and O–H groups in total. The Kier molecular flexibility index (Phi) is 12.8. The Bertz CT molecular complexity index is 1200. The Labute approximate surface area is 248 Å². The smallest absolute Gasteiger partial charge is 0.407 e. The van der Waals surface area contributed by atoms with Crippen LogP contribution in [0.4, 0.5) is 9.59 Å². The minimum Gasteiger partial charge on any atom is -0.445 e. The van der Waals surface area contributed by atoms with Crippen molar-refractivity contribution in [3.05, 3.63) is 108 Å². The van der Waals surface area contributed by atoms with Crippen molar-refractivity contribution in [2.45, 2.75) is 70.1 Å². The van der Waals surface area contributed by atoms with Gasteiger partial charge < -0.3 is 35.6 Å². The Hall–Kier alpha value is -3.92. The summed E-state index contributed by atoms with van der Waals surface area (Å²) in [6.45, 7) is 5.46. The van der Waals surface area contributed by atoms with Gasteiger partial charge in [0.2, 0.25) is 0 Å². The molecule has 0 aliphatic carbocycles. The molecule has 0 radical (unpaired) electrons. The van der Waals surface area contributed by atoms with Gasteiger partial charge in [0, 0.05) is 19.1 Å². The van der Waals surface area contributed by atoms with E-state index < -0.39 is 42.1 Å². The summed E-state index contributed by atoms with van der Waals surface area (Å²) >= 11 is 0. The summed E-state index contributed by atoms with van der Waals surface area (Å²) in [7, 11) is 0. The Balaban J connectivity index is 1.63. The van der Waals surface area contributed by atoms with Gasteiger partial charge in [-0.3, -0.25) is 0 Å². The molecule has 2 amide bonds. The molecule has 226 valence electrons. The van der Waals surface area contributed by atoms with Crippen molar-refractivity contribution in [2.24, 2.45) is 0 Å². The zero-order valence-electron chi connectivity index (χ0n) is 24.5. The van der Waals surface area contributed by atoms with Gasteiger partial charge in [-0.1, -0.05) is 91.0 Å². The van der Waals surface area contributed by atoms with Crippen molar-refractivity contribution in [1.29, 1.82) is 0 Å². The molecule has 0 spiro atoms. The third-order valence-electron chi connectivity index (χ3n) is 6.49. The third-order valence-corrected chi connectivity index (χ3v) is 6.49. The second kappa shape index (κ2) is 16.5.